The second-order valence-electron chi connectivity index (χ2n) is 7.09. The lowest BCUT2D eigenvalue weighted by atomic mass is 9.99. The van der Waals surface area contributed by atoms with Crippen molar-refractivity contribution in [3.8, 4) is 0 Å². The average molecular weight is 357 g/mol. The summed E-state index contributed by atoms with van der Waals surface area (Å²) < 4.78 is 0. The number of carbonyl (C=O) groups is 2. The first-order chi connectivity index (χ1) is 12.4. The summed E-state index contributed by atoms with van der Waals surface area (Å²) in [7, 11) is 1.85. The SMILES string of the molecule is C=C(C)C(=O)N1CCCCC1c1nc2c(c(NC)n1)CCN(C(C)=O)C2. The molecule has 140 valence electrons. The van der Waals surface area contributed by atoms with E-state index in [2.05, 4.69) is 11.9 Å². The maximum atomic E-state index is 12.6. The predicted octanol–water partition coefficient (Wildman–Crippen LogP) is 2.05. The summed E-state index contributed by atoms with van der Waals surface area (Å²) in [5.41, 5.74) is 2.49. The zero-order chi connectivity index (χ0) is 18.8. The summed E-state index contributed by atoms with van der Waals surface area (Å²) in [6.45, 7) is 9.01. The zero-order valence-corrected chi connectivity index (χ0v) is 15.8. The highest BCUT2D eigenvalue weighted by molar-refractivity contribution is 5.92. The lowest BCUT2D eigenvalue weighted by molar-refractivity contribution is -0.131. The van der Waals surface area contributed by atoms with E-state index in [1.165, 1.54) is 0 Å². The van der Waals surface area contributed by atoms with Crippen LogP contribution in [0.15, 0.2) is 12.2 Å². The summed E-state index contributed by atoms with van der Waals surface area (Å²) in [5, 5.41) is 3.17. The molecule has 0 saturated carbocycles. The van der Waals surface area contributed by atoms with Gasteiger partial charge in [-0.15, -0.1) is 0 Å². The van der Waals surface area contributed by atoms with Crippen molar-refractivity contribution in [2.24, 2.45) is 0 Å². The largest absolute Gasteiger partial charge is 0.373 e. The first kappa shape index (κ1) is 18.4. The maximum Gasteiger partial charge on any atom is 0.249 e. The molecular formula is C19H27N5O2. The van der Waals surface area contributed by atoms with Gasteiger partial charge in [-0.2, -0.15) is 0 Å². The number of anilines is 1. The number of nitrogens with zero attached hydrogens (tertiary/aromatic N) is 4. The highest BCUT2D eigenvalue weighted by atomic mass is 16.2. The van der Waals surface area contributed by atoms with Gasteiger partial charge in [0.15, 0.2) is 5.82 Å². The number of nitrogens with one attached hydrogen (secondary N) is 1. The Morgan fingerprint density at radius 3 is 2.62 bits per heavy atom. The number of hydrogen-bond donors (Lipinski definition) is 1. The normalized spacial score (nSPS) is 19.7. The van der Waals surface area contributed by atoms with Gasteiger partial charge in [-0.3, -0.25) is 9.59 Å². The topological polar surface area (TPSA) is 78.4 Å². The molecule has 1 aromatic rings. The maximum absolute atomic E-state index is 12.6. The Kier molecular flexibility index (Phi) is 5.25. The third-order valence-electron chi connectivity index (χ3n) is 5.19. The van der Waals surface area contributed by atoms with Crippen LogP contribution in [-0.2, 0) is 22.6 Å². The molecule has 2 aliphatic rings. The number of likely N-dealkylation sites (tertiary alicyclic amines) is 1. The van der Waals surface area contributed by atoms with Crippen LogP contribution in [0, 0.1) is 0 Å². The van der Waals surface area contributed by atoms with Crippen molar-refractivity contribution in [3.63, 3.8) is 0 Å². The second-order valence-corrected chi connectivity index (χ2v) is 7.09. The van der Waals surface area contributed by atoms with Crippen LogP contribution in [0.1, 0.15) is 56.2 Å². The van der Waals surface area contributed by atoms with Gasteiger partial charge in [-0.25, -0.2) is 9.97 Å². The molecule has 26 heavy (non-hydrogen) atoms. The van der Waals surface area contributed by atoms with E-state index in [1.807, 2.05) is 11.9 Å². The van der Waals surface area contributed by atoms with Crippen molar-refractivity contribution in [3.05, 3.63) is 29.2 Å². The van der Waals surface area contributed by atoms with Crippen molar-refractivity contribution in [2.75, 3.05) is 25.5 Å². The van der Waals surface area contributed by atoms with Gasteiger partial charge < -0.3 is 15.1 Å². The van der Waals surface area contributed by atoms with E-state index >= 15 is 0 Å². The third-order valence-corrected chi connectivity index (χ3v) is 5.19. The van der Waals surface area contributed by atoms with Crippen LogP contribution in [0.4, 0.5) is 5.82 Å². The van der Waals surface area contributed by atoms with E-state index in [-0.39, 0.29) is 17.9 Å². The number of piperidine rings is 1. The van der Waals surface area contributed by atoms with Crippen molar-refractivity contribution >= 4 is 17.6 Å². The van der Waals surface area contributed by atoms with Crippen LogP contribution < -0.4 is 5.32 Å². The van der Waals surface area contributed by atoms with Crippen molar-refractivity contribution < 1.29 is 9.59 Å². The molecule has 0 aliphatic carbocycles. The van der Waals surface area contributed by atoms with Crippen molar-refractivity contribution in [2.45, 2.75) is 52.1 Å². The molecule has 1 fully saturated rings. The van der Waals surface area contributed by atoms with Gasteiger partial charge in [-0.05, 0) is 32.6 Å². The fourth-order valence-electron chi connectivity index (χ4n) is 3.76. The van der Waals surface area contributed by atoms with Gasteiger partial charge >= 0.3 is 0 Å². The third kappa shape index (κ3) is 3.43. The van der Waals surface area contributed by atoms with Gasteiger partial charge in [0, 0.05) is 38.2 Å². The average Bonchev–Trinajstić information content (AvgIpc) is 2.65. The lowest BCUT2D eigenvalue weighted by Crippen LogP contribution is -2.40. The van der Waals surface area contributed by atoms with Crippen LogP contribution >= 0.6 is 0 Å². The molecule has 1 atom stereocenters. The molecule has 3 heterocycles. The molecule has 3 rings (SSSR count). The number of amides is 2. The fraction of sp³-hybridized carbons (Fsp3) is 0.579. The van der Waals surface area contributed by atoms with Gasteiger partial charge in [0.1, 0.15) is 5.82 Å². The highest BCUT2D eigenvalue weighted by Gasteiger charge is 2.32. The van der Waals surface area contributed by atoms with Gasteiger partial charge in [0.05, 0.1) is 18.3 Å². The van der Waals surface area contributed by atoms with Crippen LogP contribution in [-0.4, -0.2) is 51.7 Å². The quantitative estimate of drug-likeness (QED) is 0.838. The molecule has 2 amide bonds. The van der Waals surface area contributed by atoms with E-state index < -0.39 is 0 Å². The van der Waals surface area contributed by atoms with Crippen LogP contribution in [0.5, 0.6) is 0 Å². The monoisotopic (exact) mass is 357 g/mol. The molecule has 1 saturated heterocycles. The first-order valence-electron chi connectivity index (χ1n) is 9.21. The molecule has 0 spiro atoms. The van der Waals surface area contributed by atoms with E-state index in [1.54, 1.807) is 18.7 Å². The summed E-state index contributed by atoms with van der Waals surface area (Å²) >= 11 is 0. The standard InChI is InChI=1S/C19H27N5O2/c1-12(2)19(26)24-9-6-5-7-16(24)18-21-15-11-23(13(3)25)10-8-14(15)17(20-4)22-18/h16H,1,5-11H2,2-4H3,(H,20,21,22). The molecule has 2 aliphatic heterocycles. The molecule has 1 N–H and O–H groups in total. The Balaban J connectivity index is 1.99. The number of carbonyl (C=O) groups excluding carboxylic acids is 2. The molecule has 1 unspecified atom stereocenters. The minimum Gasteiger partial charge on any atom is -0.373 e. The fourth-order valence-corrected chi connectivity index (χ4v) is 3.76. The van der Waals surface area contributed by atoms with Gasteiger partial charge in [0.2, 0.25) is 11.8 Å². The molecule has 7 heteroatoms. The van der Waals surface area contributed by atoms with Gasteiger partial charge in [-0.1, -0.05) is 6.58 Å². The number of aromatic nitrogens is 2. The van der Waals surface area contributed by atoms with E-state index in [9.17, 15) is 9.59 Å². The molecule has 0 aromatic carbocycles. The predicted molar refractivity (Wildman–Crippen MR) is 99.5 cm³/mol. The van der Waals surface area contributed by atoms with Gasteiger partial charge in [0.25, 0.3) is 0 Å². The summed E-state index contributed by atoms with van der Waals surface area (Å²) in [6, 6.07) is -0.141. The number of rotatable bonds is 3. The van der Waals surface area contributed by atoms with E-state index in [4.69, 9.17) is 9.97 Å². The summed E-state index contributed by atoms with van der Waals surface area (Å²) in [6.07, 6.45) is 3.61. The first-order valence-corrected chi connectivity index (χ1v) is 9.21. The Morgan fingerprint density at radius 1 is 1.19 bits per heavy atom. The molecule has 7 nitrogen and oxygen atoms in total. The highest BCUT2D eigenvalue weighted by Crippen LogP contribution is 2.33. The zero-order valence-electron chi connectivity index (χ0n) is 15.8. The van der Waals surface area contributed by atoms with E-state index in [0.717, 1.165) is 42.8 Å². The van der Waals surface area contributed by atoms with E-state index in [0.29, 0.717) is 31.0 Å². The minimum atomic E-state index is -0.141. The Hall–Kier alpha value is -2.44. The Labute approximate surface area is 154 Å². The van der Waals surface area contributed by atoms with Crippen molar-refractivity contribution in [1.29, 1.82) is 0 Å². The summed E-state index contributed by atoms with van der Waals surface area (Å²) in [4.78, 5) is 37.5. The number of fused-ring (bicyclic) bond motifs is 1. The molecule has 1 aromatic heterocycles. The summed E-state index contributed by atoms with van der Waals surface area (Å²) in [5.74, 6) is 1.49. The minimum absolute atomic E-state index is 0.0348. The molecule has 0 radical (unpaired) electrons. The molecule has 0 bridgehead atoms. The Bertz CT molecular complexity index is 746. The molecular weight excluding hydrogens is 330 g/mol. The van der Waals surface area contributed by atoms with Crippen LogP contribution in [0.3, 0.4) is 0 Å². The van der Waals surface area contributed by atoms with Crippen molar-refractivity contribution in [1.82, 2.24) is 19.8 Å². The van der Waals surface area contributed by atoms with Crippen LogP contribution in [0.2, 0.25) is 0 Å². The lowest BCUT2D eigenvalue weighted by Gasteiger charge is -2.36. The van der Waals surface area contributed by atoms with Crippen LogP contribution in [0.25, 0.3) is 0 Å². The second kappa shape index (κ2) is 7.43. The smallest absolute Gasteiger partial charge is 0.249 e. The number of hydrogen-bond acceptors (Lipinski definition) is 5. The Morgan fingerprint density at radius 2 is 1.96 bits per heavy atom.